The Morgan fingerprint density at radius 2 is 2.03 bits per heavy atom. The van der Waals surface area contributed by atoms with Crippen molar-refractivity contribution in [2.75, 3.05) is 0 Å². The van der Waals surface area contributed by atoms with Crippen molar-refractivity contribution in [3.63, 3.8) is 0 Å². The van der Waals surface area contributed by atoms with Crippen molar-refractivity contribution in [3.05, 3.63) is 41.1 Å². The maximum absolute atomic E-state index is 12.2. The van der Waals surface area contributed by atoms with Crippen molar-refractivity contribution in [3.8, 4) is 23.0 Å². The average molecular weight is 406 g/mol. The summed E-state index contributed by atoms with van der Waals surface area (Å²) >= 11 is 0. The molecule has 1 amide bonds. The summed E-state index contributed by atoms with van der Waals surface area (Å²) in [5.74, 6) is 0.941. The number of fused-ring (bicyclic) bond motifs is 1. The van der Waals surface area contributed by atoms with Gasteiger partial charge in [0.05, 0.1) is 0 Å². The van der Waals surface area contributed by atoms with Gasteiger partial charge in [-0.25, -0.2) is 0 Å². The van der Waals surface area contributed by atoms with E-state index in [1.807, 2.05) is 12.1 Å². The van der Waals surface area contributed by atoms with Crippen LogP contribution in [0.3, 0.4) is 0 Å². The van der Waals surface area contributed by atoms with Gasteiger partial charge in [-0.1, -0.05) is 31.1 Å². The van der Waals surface area contributed by atoms with Crippen LogP contribution in [-0.2, 0) is 19.4 Å². The van der Waals surface area contributed by atoms with Gasteiger partial charge >= 0.3 is 0 Å². The molecule has 0 atom stereocenters. The first-order valence-corrected chi connectivity index (χ1v) is 10.8. The lowest BCUT2D eigenvalue weighted by Gasteiger charge is -2.30. The Hall–Kier alpha value is -2.96. The smallest absolute Gasteiger partial charge is 0.279 e. The van der Waals surface area contributed by atoms with Crippen LogP contribution in [0.5, 0.6) is 0 Å². The number of rotatable bonds is 5. The van der Waals surface area contributed by atoms with E-state index >= 15 is 0 Å². The largest absolute Gasteiger partial charge is 0.349 e. The highest BCUT2D eigenvalue weighted by Crippen LogP contribution is 2.39. The fourth-order valence-corrected chi connectivity index (χ4v) is 4.14. The number of hydrogen-bond acceptors (Lipinski definition) is 5. The van der Waals surface area contributed by atoms with Crippen molar-refractivity contribution >= 4 is 5.91 Å². The standard InChI is InChI=1S/C23H27N5O2/c1-4-28-18-13-23(2,3)12-11-17(18)19(26-28)22-25-20(27-30-22)14-5-7-15(8-6-14)21(29)24-16-9-10-16/h5-8,16H,4,9-13H2,1-3H3,(H,24,29). The zero-order valence-corrected chi connectivity index (χ0v) is 17.7. The lowest BCUT2D eigenvalue weighted by atomic mass is 9.76. The van der Waals surface area contributed by atoms with E-state index in [0.29, 0.717) is 23.3 Å². The highest BCUT2D eigenvalue weighted by atomic mass is 16.5. The molecule has 30 heavy (non-hydrogen) atoms. The van der Waals surface area contributed by atoms with Gasteiger partial charge in [-0.3, -0.25) is 9.48 Å². The van der Waals surface area contributed by atoms with Crippen LogP contribution >= 0.6 is 0 Å². The summed E-state index contributed by atoms with van der Waals surface area (Å²) in [4.78, 5) is 16.8. The Bertz CT molecular complexity index is 1090. The molecule has 0 spiro atoms. The van der Waals surface area contributed by atoms with Gasteiger partial charge in [-0.15, -0.1) is 0 Å². The van der Waals surface area contributed by atoms with Crippen molar-refractivity contribution < 1.29 is 9.32 Å². The fourth-order valence-electron chi connectivity index (χ4n) is 4.14. The lowest BCUT2D eigenvalue weighted by Crippen LogP contribution is -2.25. The summed E-state index contributed by atoms with van der Waals surface area (Å²) in [6.07, 6.45) is 5.25. The maximum Gasteiger partial charge on any atom is 0.279 e. The highest BCUT2D eigenvalue weighted by molar-refractivity contribution is 5.95. The Kier molecular flexibility index (Phi) is 4.49. The lowest BCUT2D eigenvalue weighted by molar-refractivity contribution is 0.0951. The predicted molar refractivity (Wildman–Crippen MR) is 113 cm³/mol. The van der Waals surface area contributed by atoms with Crippen LogP contribution in [0.1, 0.15) is 61.6 Å². The van der Waals surface area contributed by atoms with Crippen LogP contribution in [0.25, 0.3) is 23.0 Å². The Morgan fingerprint density at radius 1 is 1.27 bits per heavy atom. The van der Waals surface area contributed by atoms with Gasteiger partial charge in [0, 0.05) is 35.0 Å². The van der Waals surface area contributed by atoms with E-state index in [9.17, 15) is 4.79 Å². The minimum absolute atomic E-state index is 0.0301. The second kappa shape index (κ2) is 7.07. The average Bonchev–Trinajstić information content (AvgIpc) is 3.28. The molecule has 5 rings (SSSR count). The first-order chi connectivity index (χ1) is 14.4. The zero-order chi connectivity index (χ0) is 20.9. The third-order valence-corrected chi connectivity index (χ3v) is 6.11. The van der Waals surface area contributed by atoms with Gasteiger partial charge in [0.15, 0.2) is 5.69 Å². The summed E-state index contributed by atoms with van der Waals surface area (Å²) < 4.78 is 7.68. The number of amides is 1. The Balaban J connectivity index is 1.41. The summed E-state index contributed by atoms with van der Waals surface area (Å²) in [5, 5.41) is 12.0. The van der Waals surface area contributed by atoms with Gasteiger partial charge in [-0.2, -0.15) is 10.1 Å². The number of aromatic nitrogens is 4. The SMILES string of the molecule is CCn1nc(-c2nc(-c3ccc(C(=O)NC4CC4)cc3)no2)c2c1CC(C)(C)CC2. The molecule has 3 aromatic rings. The van der Waals surface area contributed by atoms with Crippen LogP contribution in [0, 0.1) is 5.41 Å². The topological polar surface area (TPSA) is 85.8 Å². The summed E-state index contributed by atoms with van der Waals surface area (Å²) in [6.45, 7) is 7.55. The minimum Gasteiger partial charge on any atom is -0.349 e. The monoisotopic (exact) mass is 405 g/mol. The van der Waals surface area contributed by atoms with E-state index in [4.69, 9.17) is 9.62 Å². The molecule has 2 aromatic heterocycles. The van der Waals surface area contributed by atoms with E-state index in [0.717, 1.165) is 49.9 Å². The van der Waals surface area contributed by atoms with Gasteiger partial charge in [0.2, 0.25) is 5.82 Å². The van der Waals surface area contributed by atoms with Crippen LogP contribution in [0.2, 0.25) is 0 Å². The fraction of sp³-hybridized carbons (Fsp3) is 0.478. The van der Waals surface area contributed by atoms with Gasteiger partial charge in [0.25, 0.3) is 11.8 Å². The molecular formula is C23H27N5O2. The van der Waals surface area contributed by atoms with Gasteiger partial charge in [0.1, 0.15) is 0 Å². The van der Waals surface area contributed by atoms with Crippen molar-refractivity contribution in [2.45, 2.75) is 65.5 Å². The van der Waals surface area contributed by atoms with Crippen LogP contribution in [0.4, 0.5) is 0 Å². The normalized spacial score (nSPS) is 17.6. The molecule has 0 saturated heterocycles. The molecule has 0 unspecified atom stereocenters. The molecule has 0 bridgehead atoms. The minimum atomic E-state index is -0.0301. The molecule has 2 aliphatic carbocycles. The van der Waals surface area contributed by atoms with E-state index < -0.39 is 0 Å². The Labute approximate surface area is 175 Å². The molecule has 7 heteroatoms. The second-order valence-corrected chi connectivity index (χ2v) is 9.18. The summed E-state index contributed by atoms with van der Waals surface area (Å²) in [6, 6.07) is 7.67. The first-order valence-electron chi connectivity index (χ1n) is 10.8. The van der Waals surface area contributed by atoms with Crippen molar-refractivity contribution in [2.24, 2.45) is 5.41 Å². The van der Waals surface area contributed by atoms with Crippen LogP contribution < -0.4 is 5.32 Å². The molecule has 156 valence electrons. The highest BCUT2D eigenvalue weighted by Gasteiger charge is 2.32. The molecule has 1 N–H and O–H groups in total. The number of nitrogens with zero attached hydrogens (tertiary/aromatic N) is 4. The molecule has 1 saturated carbocycles. The van der Waals surface area contributed by atoms with Crippen molar-refractivity contribution in [1.82, 2.24) is 25.2 Å². The second-order valence-electron chi connectivity index (χ2n) is 9.18. The first kappa shape index (κ1) is 19.0. The molecule has 1 aromatic carbocycles. The van der Waals surface area contributed by atoms with Crippen LogP contribution in [-0.4, -0.2) is 31.9 Å². The number of hydrogen-bond donors (Lipinski definition) is 1. The number of carbonyl (C=O) groups excluding carboxylic acids is 1. The van der Waals surface area contributed by atoms with E-state index in [1.54, 1.807) is 12.1 Å². The molecule has 1 fully saturated rings. The number of nitrogens with one attached hydrogen (secondary N) is 1. The Morgan fingerprint density at radius 3 is 2.73 bits per heavy atom. The molecular weight excluding hydrogens is 378 g/mol. The number of benzene rings is 1. The quantitative estimate of drug-likeness (QED) is 0.693. The molecule has 0 aliphatic heterocycles. The number of aryl methyl sites for hydroxylation is 1. The molecule has 2 heterocycles. The molecule has 7 nitrogen and oxygen atoms in total. The number of carbonyl (C=O) groups is 1. The van der Waals surface area contributed by atoms with Gasteiger partial charge < -0.3 is 9.84 Å². The van der Waals surface area contributed by atoms with Crippen molar-refractivity contribution in [1.29, 1.82) is 0 Å². The summed E-state index contributed by atoms with van der Waals surface area (Å²) in [5.41, 5.74) is 5.07. The maximum atomic E-state index is 12.2. The van der Waals surface area contributed by atoms with E-state index in [-0.39, 0.29) is 11.3 Å². The van der Waals surface area contributed by atoms with Crippen LogP contribution in [0.15, 0.2) is 28.8 Å². The molecule has 0 radical (unpaired) electrons. The van der Waals surface area contributed by atoms with E-state index in [2.05, 4.69) is 40.9 Å². The molecule has 2 aliphatic rings. The van der Waals surface area contributed by atoms with Gasteiger partial charge in [-0.05, 0) is 56.6 Å². The third-order valence-electron chi connectivity index (χ3n) is 6.11. The third kappa shape index (κ3) is 3.53. The zero-order valence-electron chi connectivity index (χ0n) is 17.7. The summed E-state index contributed by atoms with van der Waals surface area (Å²) in [7, 11) is 0. The predicted octanol–water partition coefficient (Wildman–Crippen LogP) is 4.03. The van der Waals surface area contributed by atoms with E-state index in [1.165, 1.54) is 11.3 Å².